The number of amides is 2. The second kappa shape index (κ2) is 10.1. The van der Waals surface area contributed by atoms with Crippen molar-refractivity contribution in [2.75, 3.05) is 6.61 Å². The van der Waals surface area contributed by atoms with Gasteiger partial charge in [0.15, 0.2) is 0 Å². The minimum atomic E-state index is -0.837. The van der Waals surface area contributed by atoms with Gasteiger partial charge in [0.2, 0.25) is 5.91 Å². The van der Waals surface area contributed by atoms with Crippen LogP contribution in [-0.2, 0) is 14.3 Å². The number of carbonyl (C=O) groups excluding carboxylic acids is 2. The fourth-order valence-electron chi connectivity index (χ4n) is 6.06. The van der Waals surface area contributed by atoms with Crippen LogP contribution in [0.5, 0.6) is 0 Å². The van der Waals surface area contributed by atoms with Crippen LogP contribution < -0.4 is 10.6 Å². The molecule has 0 aliphatic heterocycles. The maximum absolute atomic E-state index is 12.8. The predicted molar refractivity (Wildman–Crippen MR) is 131 cm³/mol. The van der Waals surface area contributed by atoms with Crippen LogP contribution >= 0.6 is 0 Å². The third-order valence-electron chi connectivity index (χ3n) is 7.88. The van der Waals surface area contributed by atoms with E-state index in [1.165, 1.54) is 22.3 Å². The van der Waals surface area contributed by atoms with Crippen LogP contribution in [0.3, 0.4) is 0 Å². The van der Waals surface area contributed by atoms with Gasteiger partial charge in [-0.1, -0.05) is 61.4 Å². The van der Waals surface area contributed by atoms with Gasteiger partial charge in [0.05, 0.1) is 5.92 Å². The minimum Gasteiger partial charge on any atom is -0.481 e. The number of hydrogen-bond acceptors (Lipinski definition) is 4. The third-order valence-corrected chi connectivity index (χ3v) is 7.88. The Kier molecular flexibility index (Phi) is 6.75. The van der Waals surface area contributed by atoms with Crippen LogP contribution in [0, 0.1) is 11.8 Å². The molecule has 4 atom stereocenters. The average molecular weight is 477 g/mol. The zero-order valence-electron chi connectivity index (χ0n) is 19.7. The lowest BCUT2D eigenvalue weighted by molar-refractivity contribution is -0.144. The van der Waals surface area contributed by atoms with E-state index in [-0.39, 0.29) is 36.4 Å². The number of ether oxygens (including phenoxy) is 1. The molecule has 7 heteroatoms. The normalized spacial score (nSPS) is 25.4. The van der Waals surface area contributed by atoms with Crippen molar-refractivity contribution in [1.82, 2.24) is 10.6 Å². The SMILES string of the molecule is O=C(N[C@@H]1CC[C@H](C(=O)N[C@@H]2CCCC[C@@H]2C(=O)O)C1)OCC1c2ccccc2-c2ccccc21. The fraction of sp³-hybridized carbons (Fsp3) is 0.464. The molecule has 0 bridgehead atoms. The smallest absolute Gasteiger partial charge is 0.407 e. The molecule has 2 aromatic rings. The van der Waals surface area contributed by atoms with Gasteiger partial charge < -0.3 is 20.5 Å². The molecule has 2 fully saturated rings. The van der Waals surface area contributed by atoms with Crippen LogP contribution in [0.15, 0.2) is 48.5 Å². The standard InChI is InChI=1S/C28H32N2O5/c31-26(30-25-12-6-5-11-23(25)27(32)33)17-13-14-18(15-17)29-28(34)35-16-24-21-9-3-1-7-19(21)20-8-2-4-10-22(20)24/h1-4,7-10,17-18,23-25H,5-6,11-16H2,(H,29,34)(H,30,31)(H,32,33)/t17-,18+,23-,25+/m0/s1. The van der Waals surface area contributed by atoms with E-state index in [1.54, 1.807) is 0 Å². The van der Waals surface area contributed by atoms with Crippen LogP contribution in [-0.4, -0.2) is 41.8 Å². The fourth-order valence-corrected chi connectivity index (χ4v) is 6.06. The molecule has 0 unspecified atom stereocenters. The Morgan fingerprint density at radius 2 is 1.51 bits per heavy atom. The first kappa shape index (κ1) is 23.4. The van der Waals surface area contributed by atoms with Crippen molar-refractivity contribution >= 4 is 18.0 Å². The molecule has 2 aromatic carbocycles. The van der Waals surface area contributed by atoms with Gasteiger partial charge in [-0.2, -0.15) is 0 Å². The highest BCUT2D eigenvalue weighted by molar-refractivity contribution is 5.81. The first-order valence-corrected chi connectivity index (χ1v) is 12.7. The molecule has 0 spiro atoms. The molecule has 3 N–H and O–H groups in total. The maximum Gasteiger partial charge on any atom is 0.407 e. The summed E-state index contributed by atoms with van der Waals surface area (Å²) in [5, 5.41) is 15.4. The molecule has 2 amide bonds. The van der Waals surface area contributed by atoms with Crippen molar-refractivity contribution in [2.45, 2.75) is 62.9 Å². The number of nitrogens with one attached hydrogen (secondary N) is 2. The second-order valence-corrected chi connectivity index (χ2v) is 10.0. The molecular formula is C28H32N2O5. The van der Waals surface area contributed by atoms with Gasteiger partial charge in [-0.15, -0.1) is 0 Å². The Morgan fingerprint density at radius 3 is 2.20 bits per heavy atom. The number of hydrogen-bond donors (Lipinski definition) is 3. The van der Waals surface area contributed by atoms with E-state index in [2.05, 4.69) is 34.9 Å². The van der Waals surface area contributed by atoms with Crippen molar-refractivity contribution in [3.63, 3.8) is 0 Å². The van der Waals surface area contributed by atoms with Crippen LogP contribution in [0.25, 0.3) is 11.1 Å². The minimum absolute atomic E-state index is 0.00734. The quantitative estimate of drug-likeness (QED) is 0.571. The number of alkyl carbamates (subject to hydrolysis) is 1. The molecule has 0 radical (unpaired) electrons. The molecule has 35 heavy (non-hydrogen) atoms. The maximum atomic E-state index is 12.8. The zero-order chi connectivity index (χ0) is 24.4. The summed E-state index contributed by atoms with van der Waals surface area (Å²) in [6.07, 6.45) is 4.59. The van der Waals surface area contributed by atoms with Crippen molar-refractivity contribution < 1.29 is 24.2 Å². The molecule has 3 aliphatic rings. The van der Waals surface area contributed by atoms with E-state index in [9.17, 15) is 19.5 Å². The van der Waals surface area contributed by atoms with Gasteiger partial charge in [-0.3, -0.25) is 9.59 Å². The molecule has 0 aromatic heterocycles. The summed E-state index contributed by atoms with van der Waals surface area (Å²) in [5.41, 5.74) is 4.71. The lowest BCUT2D eigenvalue weighted by atomic mass is 9.84. The van der Waals surface area contributed by atoms with E-state index >= 15 is 0 Å². The number of carbonyl (C=O) groups is 3. The van der Waals surface area contributed by atoms with Crippen molar-refractivity contribution in [2.24, 2.45) is 11.8 Å². The van der Waals surface area contributed by atoms with E-state index in [1.807, 2.05) is 24.3 Å². The molecule has 7 nitrogen and oxygen atoms in total. The first-order valence-electron chi connectivity index (χ1n) is 12.7. The van der Waals surface area contributed by atoms with Crippen molar-refractivity contribution in [3.05, 3.63) is 59.7 Å². The average Bonchev–Trinajstić information content (AvgIpc) is 3.46. The number of aliphatic carboxylic acids is 1. The van der Waals surface area contributed by atoms with Gasteiger partial charge in [0, 0.05) is 23.9 Å². The van der Waals surface area contributed by atoms with Crippen LogP contribution in [0.1, 0.15) is 62.0 Å². The highest BCUT2D eigenvalue weighted by atomic mass is 16.5. The third kappa shape index (κ3) is 4.90. The highest BCUT2D eigenvalue weighted by Gasteiger charge is 2.36. The number of benzene rings is 2. The number of fused-ring (bicyclic) bond motifs is 3. The van der Waals surface area contributed by atoms with E-state index in [0.29, 0.717) is 32.1 Å². The number of carboxylic acid groups (broad SMARTS) is 1. The molecule has 2 saturated carbocycles. The van der Waals surface area contributed by atoms with Crippen LogP contribution in [0.2, 0.25) is 0 Å². The largest absolute Gasteiger partial charge is 0.481 e. The summed E-state index contributed by atoms with van der Waals surface area (Å²) < 4.78 is 5.64. The van der Waals surface area contributed by atoms with Gasteiger partial charge >= 0.3 is 12.1 Å². The summed E-state index contributed by atoms with van der Waals surface area (Å²) in [4.78, 5) is 36.9. The molecule has 3 aliphatic carbocycles. The summed E-state index contributed by atoms with van der Waals surface area (Å²) in [6, 6.07) is 16.0. The predicted octanol–water partition coefficient (Wildman–Crippen LogP) is 4.45. The summed E-state index contributed by atoms with van der Waals surface area (Å²) in [7, 11) is 0. The van der Waals surface area contributed by atoms with E-state index < -0.39 is 18.0 Å². The van der Waals surface area contributed by atoms with Gasteiger partial charge in [0.1, 0.15) is 6.61 Å². The van der Waals surface area contributed by atoms with Gasteiger partial charge in [-0.25, -0.2) is 4.79 Å². The summed E-state index contributed by atoms with van der Waals surface area (Å²) >= 11 is 0. The Morgan fingerprint density at radius 1 is 0.857 bits per heavy atom. The summed E-state index contributed by atoms with van der Waals surface area (Å²) in [5.74, 6) is -1.65. The number of rotatable bonds is 6. The molecule has 5 rings (SSSR count). The van der Waals surface area contributed by atoms with Crippen LogP contribution in [0.4, 0.5) is 4.79 Å². The molecule has 184 valence electrons. The second-order valence-electron chi connectivity index (χ2n) is 10.0. The molecular weight excluding hydrogens is 444 g/mol. The van der Waals surface area contributed by atoms with Crippen molar-refractivity contribution in [3.8, 4) is 11.1 Å². The molecule has 0 heterocycles. The Hall–Kier alpha value is -3.35. The highest BCUT2D eigenvalue weighted by Crippen LogP contribution is 2.44. The number of carboxylic acids is 1. The topological polar surface area (TPSA) is 105 Å². The van der Waals surface area contributed by atoms with E-state index in [0.717, 1.165) is 12.8 Å². The van der Waals surface area contributed by atoms with Crippen molar-refractivity contribution in [1.29, 1.82) is 0 Å². The first-order chi connectivity index (χ1) is 17.0. The lowest BCUT2D eigenvalue weighted by Gasteiger charge is -2.30. The monoisotopic (exact) mass is 476 g/mol. The van der Waals surface area contributed by atoms with Gasteiger partial charge in [0.25, 0.3) is 0 Å². The Balaban J connectivity index is 1.12. The lowest BCUT2D eigenvalue weighted by Crippen LogP contribution is -2.47. The summed E-state index contributed by atoms with van der Waals surface area (Å²) in [6.45, 7) is 0.259. The Labute approximate surface area is 205 Å². The molecule has 0 saturated heterocycles. The Bertz CT molecular complexity index is 1070. The van der Waals surface area contributed by atoms with E-state index in [4.69, 9.17) is 4.74 Å². The zero-order valence-corrected chi connectivity index (χ0v) is 19.7. The van der Waals surface area contributed by atoms with Gasteiger partial charge in [-0.05, 0) is 54.4 Å².